The van der Waals surface area contributed by atoms with Crippen LogP contribution in [0.3, 0.4) is 0 Å². The van der Waals surface area contributed by atoms with Gasteiger partial charge in [0.25, 0.3) is 11.8 Å². The van der Waals surface area contributed by atoms with Crippen molar-refractivity contribution in [3.05, 3.63) is 142 Å². The molecule has 13 rings (SSSR count). The highest BCUT2D eigenvalue weighted by atomic mass is 16.6. The summed E-state index contributed by atoms with van der Waals surface area (Å²) in [6.07, 6.45) is 9.98. The molecule has 2 spiro atoms. The molecule has 2 saturated carbocycles. The van der Waals surface area contributed by atoms with Crippen LogP contribution in [-0.4, -0.2) is 138 Å². The van der Waals surface area contributed by atoms with E-state index in [9.17, 15) is 43.5 Å². The molecular formula is C82H100N8O14. The number of nitrogens with one attached hydrogen (secondary N) is 3. The number of ether oxygens (including phenoxy) is 5. The number of nitrogens with zero attached hydrogens (tertiary/aromatic N) is 5. The van der Waals surface area contributed by atoms with Crippen molar-refractivity contribution in [2.45, 2.75) is 207 Å². The number of amides is 5. The molecule has 5 aromatic carbocycles. The van der Waals surface area contributed by atoms with E-state index in [2.05, 4.69) is 46.1 Å². The highest BCUT2D eigenvalue weighted by molar-refractivity contribution is 6.07. The van der Waals surface area contributed by atoms with Crippen molar-refractivity contribution in [2.24, 2.45) is 22.7 Å². The van der Waals surface area contributed by atoms with E-state index in [1.54, 1.807) is 60.2 Å². The van der Waals surface area contributed by atoms with Crippen LogP contribution < -0.4 is 45.0 Å². The lowest BCUT2D eigenvalue weighted by Gasteiger charge is -2.32. The van der Waals surface area contributed by atoms with E-state index in [1.165, 1.54) is 20.0 Å². The van der Waals surface area contributed by atoms with Gasteiger partial charge in [-0.2, -0.15) is 0 Å². The van der Waals surface area contributed by atoms with Crippen LogP contribution in [0.15, 0.2) is 97.1 Å². The first-order valence-corrected chi connectivity index (χ1v) is 37.6. The summed E-state index contributed by atoms with van der Waals surface area (Å²) in [5, 5.41) is 17.1. The van der Waals surface area contributed by atoms with E-state index >= 15 is 0 Å². The van der Waals surface area contributed by atoms with Crippen molar-refractivity contribution in [1.82, 2.24) is 31.1 Å². The molecule has 6 heterocycles. The van der Waals surface area contributed by atoms with E-state index in [0.29, 0.717) is 104 Å². The number of methoxy groups -OCH3 is 2. The number of hydrogen-bond acceptors (Lipinski definition) is 17. The van der Waals surface area contributed by atoms with Gasteiger partial charge in [-0.15, -0.1) is 5.53 Å². The summed E-state index contributed by atoms with van der Waals surface area (Å²) in [7, 11) is 3.08. The Hall–Kier alpha value is -9.28. The number of para-hydroxylation sites is 1. The van der Waals surface area contributed by atoms with Gasteiger partial charge < -0.3 is 54.2 Å². The summed E-state index contributed by atoms with van der Waals surface area (Å²) in [6, 6.07) is 28.7. The zero-order valence-electron chi connectivity index (χ0n) is 61.2. The molecule has 22 heteroatoms. The molecule has 4 N–H and O–H groups in total. The Bertz CT molecular complexity index is 4140. The molecule has 5 atom stereocenters. The second-order valence-electron chi connectivity index (χ2n) is 30.8. The van der Waals surface area contributed by atoms with E-state index in [1.807, 2.05) is 68.4 Å². The van der Waals surface area contributed by atoms with Gasteiger partial charge in [-0.3, -0.25) is 38.6 Å². The Labute approximate surface area is 609 Å². The molecule has 4 fully saturated rings. The van der Waals surface area contributed by atoms with Crippen molar-refractivity contribution < 1.29 is 67.1 Å². The molecule has 0 bridgehead atoms. The summed E-state index contributed by atoms with van der Waals surface area (Å²) >= 11 is 0. The zero-order chi connectivity index (χ0) is 73.1. The lowest BCUT2D eigenvalue weighted by atomic mass is 9.88. The number of hydrogen-bond donors (Lipinski definition) is 4. The molecule has 0 unspecified atom stereocenters. The minimum absolute atomic E-state index is 0.00288. The number of hydrazine groups is 2. The molecule has 5 amide bonds. The number of ketones is 3. The van der Waals surface area contributed by atoms with Gasteiger partial charge in [-0.1, -0.05) is 87.0 Å². The first kappa shape index (κ1) is 73.0. The molecule has 552 valence electrons. The van der Waals surface area contributed by atoms with Crippen molar-refractivity contribution in [1.29, 1.82) is 0 Å². The molecule has 8 aliphatic rings. The number of fused-ring (bicyclic) bond motifs is 8. The fourth-order valence-electron chi connectivity index (χ4n) is 16.2. The number of aliphatic hydroxyl groups excluding tert-OH is 1. The van der Waals surface area contributed by atoms with Gasteiger partial charge >= 0.3 is 6.09 Å². The molecule has 2 aliphatic carbocycles. The SMILES string of the molecule is COc1cc2c(cc1OCCCCCOc1cc3c(cc1OC)C(=O)N1CC4(CC4)C[C@H]1[C@H](O)N3C(=O)OCc1ccc(CC(=O)[C@H](C)NC(=O)[C@@H](CC(=O)CCCCCC(=O)CCC(=O)N3Cc4ccccc4C4=C(c5ccccc53)N(C(C)C)NN4)C(C)C)cc1)CC[C@@H]1CC3(CC3)CN1C2=O. The van der Waals surface area contributed by atoms with E-state index in [-0.39, 0.29) is 127 Å². The Balaban J connectivity index is 0.550. The number of Topliss-reactive ketones (excluding diaryl/α,β-unsaturated/α-hetero) is 3. The smallest absolute Gasteiger partial charge is 0.416 e. The number of anilines is 2. The second-order valence-corrected chi connectivity index (χ2v) is 30.8. The normalized spacial score (nSPS) is 19.8. The predicted octanol–water partition coefficient (Wildman–Crippen LogP) is 12.0. The minimum Gasteiger partial charge on any atom is -0.493 e. The molecule has 5 aromatic rings. The molecule has 2 saturated heterocycles. The number of aryl methyl sites for hydroxylation is 1. The maximum absolute atomic E-state index is 14.5. The van der Waals surface area contributed by atoms with Gasteiger partial charge in [-0.25, -0.2) is 9.69 Å². The molecule has 22 nitrogen and oxygen atoms in total. The monoisotopic (exact) mass is 1420 g/mol. The highest BCUT2D eigenvalue weighted by Crippen LogP contribution is 2.58. The third-order valence-corrected chi connectivity index (χ3v) is 22.7. The minimum atomic E-state index is -1.43. The molecule has 6 aliphatic heterocycles. The first-order chi connectivity index (χ1) is 50.1. The Morgan fingerprint density at radius 1 is 0.635 bits per heavy atom. The van der Waals surface area contributed by atoms with Crippen LogP contribution in [-0.2, 0) is 54.7 Å². The van der Waals surface area contributed by atoms with Crippen LogP contribution in [0.25, 0.3) is 11.4 Å². The average Bonchev–Trinajstić information content (AvgIpc) is 1.56. The summed E-state index contributed by atoms with van der Waals surface area (Å²) in [4.78, 5) is 117. The predicted molar refractivity (Wildman–Crippen MR) is 392 cm³/mol. The van der Waals surface area contributed by atoms with Gasteiger partial charge in [0, 0.05) is 92.4 Å². The topological polar surface area (TPSA) is 255 Å². The standard InChI is InChI=1S/C82H100N8O14/c1-50(2)62(40-59(92)20-11-8-10-19-58(91)30-31-73(94)86-46-56-18-12-13-21-60(56)74-75(90(51(3)4)85-84-74)61-22-14-15-23-65(61)86)76(95)83-52(5)68(93)38-53-24-26-54(27-25-53)47-104-80(99)89-66-43-72(70(101-7)42-64(66)78(97)88-49-82(34-35-82)45-67(88)79(89)98)103-37-17-9-16-36-102-71-39-55-28-29-57-44-81(32-33-81)48-87(57)77(96)63(55)41-69(71)100-6/h12-15,18,21-27,39,41-43,50-52,57,62,67,79,84-85,98H,8-11,16-17,19-20,28-38,40,44-49H2,1-7H3,(H,83,95)/t52-,57+,62-,67-,79-/m0/s1. The van der Waals surface area contributed by atoms with Crippen molar-refractivity contribution in [3.8, 4) is 23.0 Å². The van der Waals surface area contributed by atoms with Crippen LogP contribution in [0.4, 0.5) is 16.2 Å². The average molecular weight is 1420 g/mol. The number of aliphatic hydroxyl groups is 1. The van der Waals surface area contributed by atoms with E-state index < -0.39 is 30.3 Å². The number of unbranched alkanes of at least 4 members (excludes halogenated alkanes) is 4. The van der Waals surface area contributed by atoms with E-state index in [0.717, 1.165) is 89.3 Å². The maximum Gasteiger partial charge on any atom is 0.416 e. The maximum atomic E-state index is 14.5. The van der Waals surface area contributed by atoms with Gasteiger partial charge in [0.2, 0.25) is 11.8 Å². The van der Waals surface area contributed by atoms with Crippen LogP contribution in [0.1, 0.15) is 204 Å². The van der Waals surface area contributed by atoms with Crippen LogP contribution in [0.5, 0.6) is 23.0 Å². The van der Waals surface area contributed by atoms with Crippen LogP contribution in [0.2, 0.25) is 0 Å². The van der Waals surface area contributed by atoms with Gasteiger partial charge in [0.05, 0.1) is 74.4 Å². The van der Waals surface area contributed by atoms with Crippen molar-refractivity contribution in [3.63, 3.8) is 0 Å². The van der Waals surface area contributed by atoms with Gasteiger partial charge in [-0.05, 0) is 168 Å². The molecule has 104 heavy (non-hydrogen) atoms. The first-order valence-electron chi connectivity index (χ1n) is 37.6. The summed E-state index contributed by atoms with van der Waals surface area (Å²) in [6.45, 7) is 11.7. The zero-order valence-corrected chi connectivity index (χ0v) is 61.2. The van der Waals surface area contributed by atoms with Crippen LogP contribution in [0, 0.1) is 22.7 Å². The lowest BCUT2D eigenvalue weighted by molar-refractivity contribution is -0.133. The summed E-state index contributed by atoms with van der Waals surface area (Å²) < 4.78 is 30.1. The van der Waals surface area contributed by atoms with E-state index in [4.69, 9.17) is 23.7 Å². The third kappa shape index (κ3) is 15.7. The quantitative estimate of drug-likeness (QED) is 0.0312. The largest absolute Gasteiger partial charge is 0.493 e. The number of benzene rings is 5. The summed E-state index contributed by atoms with van der Waals surface area (Å²) in [5.74, 6) is -0.146. The Morgan fingerprint density at radius 2 is 1.26 bits per heavy atom. The summed E-state index contributed by atoms with van der Waals surface area (Å²) in [5.41, 5.74) is 15.8. The molecule has 0 aromatic heterocycles. The number of carbonyl (C=O) groups excluding carboxylic acids is 8. The van der Waals surface area contributed by atoms with Crippen LogP contribution >= 0.6 is 0 Å². The highest BCUT2D eigenvalue weighted by Gasteiger charge is 2.58. The second kappa shape index (κ2) is 31.2. The Morgan fingerprint density at radius 3 is 1.95 bits per heavy atom. The van der Waals surface area contributed by atoms with Gasteiger partial charge in [0.15, 0.2) is 35.0 Å². The number of rotatable bonds is 30. The molecular weight excluding hydrogens is 1320 g/mol. The lowest BCUT2D eigenvalue weighted by Crippen LogP contribution is -2.50. The fourth-order valence-corrected chi connectivity index (χ4v) is 16.2. The molecule has 0 radical (unpaired) electrons. The number of carbonyl (C=O) groups is 8. The van der Waals surface area contributed by atoms with Crippen molar-refractivity contribution >= 4 is 69.8 Å². The third-order valence-electron chi connectivity index (χ3n) is 22.7. The Kier molecular flexibility index (Phi) is 21.9. The fraction of sp³-hybridized carbons (Fsp3) is 0.512. The van der Waals surface area contributed by atoms with Crippen molar-refractivity contribution in [2.75, 3.05) is 50.3 Å². The van der Waals surface area contributed by atoms with Gasteiger partial charge in [0.1, 0.15) is 18.2 Å².